The topological polar surface area (TPSA) is 47.3 Å². The van der Waals surface area contributed by atoms with Crippen LogP contribution in [0.1, 0.15) is 38.5 Å². The van der Waals surface area contributed by atoms with E-state index in [0.29, 0.717) is 6.04 Å². The summed E-state index contributed by atoms with van der Waals surface area (Å²) in [5.74, 6) is 0.857. The maximum atomic E-state index is 5.98. The molecule has 3 N–H and O–H groups in total. The zero-order valence-corrected chi connectivity index (χ0v) is 10.5. The van der Waals surface area contributed by atoms with E-state index in [9.17, 15) is 0 Å². The minimum atomic E-state index is 0.562. The lowest BCUT2D eigenvalue weighted by Crippen LogP contribution is -2.19. The van der Waals surface area contributed by atoms with Gasteiger partial charge in [-0.2, -0.15) is 0 Å². The molecule has 0 heterocycles. The van der Waals surface area contributed by atoms with Crippen molar-refractivity contribution in [2.24, 2.45) is 0 Å². The van der Waals surface area contributed by atoms with Crippen LogP contribution in [-0.2, 0) is 0 Å². The number of nitrogens with one attached hydrogen (secondary N) is 1. The highest BCUT2D eigenvalue weighted by molar-refractivity contribution is 5.68. The zero-order chi connectivity index (χ0) is 12.1. The molecule has 17 heavy (non-hydrogen) atoms. The highest BCUT2D eigenvalue weighted by Gasteiger charge is 2.13. The second-order valence-corrected chi connectivity index (χ2v) is 4.79. The van der Waals surface area contributed by atoms with Crippen molar-refractivity contribution >= 4 is 11.4 Å². The van der Waals surface area contributed by atoms with Crippen LogP contribution in [0.5, 0.6) is 5.75 Å². The van der Waals surface area contributed by atoms with Crippen LogP contribution in [0.15, 0.2) is 18.2 Å². The molecule has 0 radical (unpaired) electrons. The highest BCUT2D eigenvalue weighted by Crippen LogP contribution is 2.28. The SMILES string of the molecule is COc1ccc(N)c(NC2CCCCCC2)c1. The maximum Gasteiger partial charge on any atom is 0.121 e. The molecule has 2 rings (SSSR count). The van der Waals surface area contributed by atoms with E-state index in [1.54, 1.807) is 7.11 Å². The van der Waals surface area contributed by atoms with Crippen LogP contribution in [-0.4, -0.2) is 13.2 Å². The Hall–Kier alpha value is -1.38. The van der Waals surface area contributed by atoms with Gasteiger partial charge >= 0.3 is 0 Å². The number of nitrogen functional groups attached to an aromatic ring is 1. The molecule has 0 saturated heterocycles. The minimum absolute atomic E-state index is 0.562. The van der Waals surface area contributed by atoms with Crippen molar-refractivity contribution in [1.82, 2.24) is 0 Å². The monoisotopic (exact) mass is 234 g/mol. The Balaban J connectivity index is 2.05. The van der Waals surface area contributed by atoms with Crippen LogP contribution >= 0.6 is 0 Å². The Morgan fingerprint density at radius 1 is 1.18 bits per heavy atom. The van der Waals surface area contributed by atoms with Crippen molar-refractivity contribution in [3.8, 4) is 5.75 Å². The second-order valence-electron chi connectivity index (χ2n) is 4.79. The van der Waals surface area contributed by atoms with E-state index in [-0.39, 0.29) is 0 Å². The average Bonchev–Trinajstić information content (AvgIpc) is 2.60. The summed E-state index contributed by atoms with van der Waals surface area (Å²) < 4.78 is 5.23. The predicted molar refractivity (Wildman–Crippen MR) is 72.5 cm³/mol. The quantitative estimate of drug-likeness (QED) is 0.622. The van der Waals surface area contributed by atoms with Gasteiger partial charge in [-0.25, -0.2) is 0 Å². The molecule has 0 bridgehead atoms. The summed E-state index contributed by atoms with van der Waals surface area (Å²) in [5.41, 5.74) is 7.79. The van der Waals surface area contributed by atoms with Crippen LogP contribution < -0.4 is 15.8 Å². The third kappa shape index (κ3) is 3.29. The molecule has 3 nitrogen and oxygen atoms in total. The van der Waals surface area contributed by atoms with Crippen molar-refractivity contribution in [1.29, 1.82) is 0 Å². The Labute approximate surface area is 103 Å². The smallest absolute Gasteiger partial charge is 0.121 e. The summed E-state index contributed by atoms with van der Waals surface area (Å²) in [6.45, 7) is 0. The number of nitrogens with two attached hydrogens (primary N) is 1. The fourth-order valence-corrected chi connectivity index (χ4v) is 2.43. The molecule has 1 aromatic carbocycles. The lowest BCUT2D eigenvalue weighted by atomic mass is 10.1. The lowest BCUT2D eigenvalue weighted by Gasteiger charge is -2.19. The van der Waals surface area contributed by atoms with E-state index in [1.807, 2.05) is 18.2 Å². The molecule has 1 aliphatic carbocycles. The highest BCUT2D eigenvalue weighted by atomic mass is 16.5. The summed E-state index contributed by atoms with van der Waals surface area (Å²) in [7, 11) is 1.68. The Bertz CT molecular complexity index is 357. The average molecular weight is 234 g/mol. The van der Waals surface area contributed by atoms with Crippen LogP contribution in [0.4, 0.5) is 11.4 Å². The standard InChI is InChI=1S/C14H22N2O/c1-17-12-8-9-13(15)14(10-12)16-11-6-4-2-3-5-7-11/h8-11,16H,2-7,15H2,1H3. The van der Waals surface area contributed by atoms with Gasteiger partial charge in [0.2, 0.25) is 0 Å². The first-order valence-electron chi connectivity index (χ1n) is 6.49. The van der Waals surface area contributed by atoms with Crippen molar-refractivity contribution in [3.05, 3.63) is 18.2 Å². The first-order valence-corrected chi connectivity index (χ1v) is 6.49. The third-order valence-corrected chi connectivity index (χ3v) is 3.48. The molecule has 3 heteroatoms. The molecular formula is C14H22N2O. The number of hydrogen-bond acceptors (Lipinski definition) is 3. The Kier molecular flexibility index (Phi) is 4.13. The molecule has 0 aliphatic heterocycles. The summed E-state index contributed by atoms with van der Waals surface area (Å²) in [5, 5.41) is 3.56. The fourth-order valence-electron chi connectivity index (χ4n) is 2.43. The van der Waals surface area contributed by atoms with E-state index in [2.05, 4.69) is 5.32 Å². The minimum Gasteiger partial charge on any atom is -0.497 e. The van der Waals surface area contributed by atoms with Gasteiger partial charge in [-0.3, -0.25) is 0 Å². The van der Waals surface area contributed by atoms with Crippen molar-refractivity contribution in [2.75, 3.05) is 18.2 Å². The predicted octanol–water partition coefficient (Wildman–Crippen LogP) is 3.41. The Morgan fingerprint density at radius 2 is 1.88 bits per heavy atom. The zero-order valence-electron chi connectivity index (χ0n) is 10.5. The summed E-state index contributed by atoms with van der Waals surface area (Å²) in [6, 6.07) is 6.35. The van der Waals surface area contributed by atoms with E-state index in [0.717, 1.165) is 17.1 Å². The van der Waals surface area contributed by atoms with Crippen molar-refractivity contribution in [3.63, 3.8) is 0 Å². The molecule has 0 spiro atoms. The van der Waals surface area contributed by atoms with Crippen molar-refractivity contribution in [2.45, 2.75) is 44.6 Å². The summed E-state index contributed by atoms with van der Waals surface area (Å²) >= 11 is 0. The maximum absolute atomic E-state index is 5.98. The molecule has 1 aromatic rings. The number of hydrogen-bond donors (Lipinski definition) is 2. The van der Waals surface area contributed by atoms with Crippen LogP contribution in [0.3, 0.4) is 0 Å². The molecule has 0 atom stereocenters. The van der Waals surface area contributed by atoms with Gasteiger partial charge in [0.1, 0.15) is 5.75 Å². The normalized spacial score (nSPS) is 17.5. The lowest BCUT2D eigenvalue weighted by molar-refractivity contribution is 0.415. The second kappa shape index (κ2) is 5.80. The Morgan fingerprint density at radius 3 is 2.53 bits per heavy atom. The number of anilines is 2. The van der Waals surface area contributed by atoms with Crippen LogP contribution in [0.2, 0.25) is 0 Å². The molecular weight excluding hydrogens is 212 g/mol. The summed E-state index contributed by atoms with van der Waals surface area (Å²) in [6.07, 6.45) is 7.87. The number of ether oxygens (including phenoxy) is 1. The van der Waals surface area contributed by atoms with E-state index in [4.69, 9.17) is 10.5 Å². The summed E-state index contributed by atoms with van der Waals surface area (Å²) in [4.78, 5) is 0. The van der Waals surface area contributed by atoms with E-state index in [1.165, 1.54) is 38.5 Å². The first-order chi connectivity index (χ1) is 8.29. The molecule has 1 aliphatic rings. The van der Waals surface area contributed by atoms with E-state index >= 15 is 0 Å². The van der Waals surface area contributed by atoms with Gasteiger partial charge in [0.15, 0.2) is 0 Å². The van der Waals surface area contributed by atoms with Gasteiger partial charge < -0.3 is 15.8 Å². The number of benzene rings is 1. The van der Waals surface area contributed by atoms with Crippen LogP contribution in [0, 0.1) is 0 Å². The van der Waals surface area contributed by atoms with Gasteiger partial charge in [0.25, 0.3) is 0 Å². The van der Waals surface area contributed by atoms with Crippen LogP contribution in [0.25, 0.3) is 0 Å². The molecule has 0 unspecified atom stereocenters. The van der Waals surface area contributed by atoms with Gasteiger partial charge in [0.05, 0.1) is 18.5 Å². The van der Waals surface area contributed by atoms with Gasteiger partial charge in [0, 0.05) is 12.1 Å². The molecule has 0 aromatic heterocycles. The molecule has 0 amide bonds. The largest absolute Gasteiger partial charge is 0.497 e. The third-order valence-electron chi connectivity index (χ3n) is 3.48. The molecule has 1 fully saturated rings. The van der Waals surface area contributed by atoms with Gasteiger partial charge in [-0.15, -0.1) is 0 Å². The van der Waals surface area contributed by atoms with E-state index < -0.39 is 0 Å². The first kappa shape index (κ1) is 12.1. The number of rotatable bonds is 3. The number of methoxy groups -OCH3 is 1. The van der Waals surface area contributed by atoms with Gasteiger partial charge in [-0.1, -0.05) is 25.7 Å². The molecule has 94 valence electrons. The van der Waals surface area contributed by atoms with Gasteiger partial charge in [-0.05, 0) is 25.0 Å². The fraction of sp³-hybridized carbons (Fsp3) is 0.571. The molecule has 1 saturated carbocycles. The van der Waals surface area contributed by atoms with Crippen molar-refractivity contribution < 1.29 is 4.74 Å².